The average molecular weight is 249 g/mol. The van der Waals surface area contributed by atoms with Gasteiger partial charge in [0.05, 0.1) is 12.7 Å². The second-order valence-electron chi connectivity index (χ2n) is 4.44. The van der Waals surface area contributed by atoms with Crippen molar-refractivity contribution in [1.82, 2.24) is 19.1 Å². The lowest BCUT2D eigenvalue weighted by Crippen LogP contribution is -2.10. The van der Waals surface area contributed by atoms with Crippen molar-refractivity contribution < 1.29 is 0 Å². The molecule has 90 valence electrons. The standard InChI is InChI=1S/C11H15N5S/c1-8-6-13-16(7-8)5-4-12-11-14-10(15-17-11)9-2-3-9/h6-7,9H,2-5H2,1H3,(H,12,14,15). The van der Waals surface area contributed by atoms with Crippen LogP contribution in [0, 0.1) is 6.92 Å². The first-order chi connectivity index (χ1) is 8.31. The number of aromatic nitrogens is 4. The number of anilines is 1. The molecule has 0 saturated heterocycles. The van der Waals surface area contributed by atoms with Gasteiger partial charge >= 0.3 is 0 Å². The van der Waals surface area contributed by atoms with Crippen molar-refractivity contribution in [3.8, 4) is 0 Å². The van der Waals surface area contributed by atoms with E-state index in [4.69, 9.17) is 0 Å². The Labute approximate surface area is 104 Å². The van der Waals surface area contributed by atoms with E-state index in [2.05, 4.69) is 19.8 Å². The van der Waals surface area contributed by atoms with Gasteiger partial charge in [-0.2, -0.15) is 9.47 Å². The number of rotatable bonds is 5. The number of hydrogen-bond acceptors (Lipinski definition) is 5. The molecule has 0 bridgehead atoms. The molecule has 5 nitrogen and oxygen atoms in total. The Morgan fingerprint density at radius 1 is 1.53 bits per heavy atom. The van der Waals surface area contributed by atoms with Gasteiger partial charge in [0, 0.05) is 30.2 Å². The maximum atomic E-state index is 4.48. The van der Waals surface area contributed by atoms with E-state index >= 15 is 0 Å². The van der Waals surface area contributed by atoms with Crippen LogP contribution in [-0.4, -0.2) is 25.7 Å². The first-order valence-corrected chi connectivity index (χ1v) is 6.65. The van der Waals surface area contributed by atoms with E-state index in [1.807, 2.05) is 24.0 Å². The van der Waals surface area contributed by atoms with E-state index in [9.17, 15) is 0 Å². The van der Waals surface area contributed by atoms with Gasteiger partial charge < -0.3 is 5.32 Å². The molecule has 3 rings (SSSR count). The predicted molar refractivity (Wildman–Crippen MR) is 67.3 cm³/mol. The smallest absolute Gasteiger partial charge is 0.202 e. The Bertz CT molecular complexity index is 499. The molecule has 1 aliphatic carbocycles. The van der Waals surface area contributed by atoms with Crippen LogP contribution >= 0.6 is 11.5 Å². The van der Waals surface area contributed by atoms with Gasteiger partial charge in [0.15, 0.2) is 0 Å². The fraction of sp³-hybridized carbons (Fsp3) is 0.545. The Morgan fingerprint density at radius 2 is 2.41 bits per heavy atom. The zero-order chi connectivity index (χ0) is 11.7. The summed E-state index contributed by atoms with van der Waals surface area (Å²) in [6, 6.07) is 0. The maximum Gasteiger partial charge on any atom is 0.202 e. The van der Waals surface area contributed by atoms with Gasteiger partial charge in [-0.1, -0.05) is 0 Å². The van der Waals surface area contributed by atoms with Crippen molar-refractivity contribution in [2.75, 3.05) is 11.9 Å². The van der Waals surface area contributed by atoms with Crippen LogP contribution < -0.4 is 5.32 Å². The lowest BCUT2D eigenvalue weighted by Gasteiger charge is -2.01. The predicted octanol–water partition coefficient (Wildman–Crippen LogP) is 2.03. The number of nitrogens with one attached hydrogen (secondary N) is 1. The Morgan fingerprint density at radius 3 is 3.12 bits per heavy atom. The number of aryl methyl sites for hydroxylation is 1. The molecule has 2 aromatic rings. The van der Waals surface area contributed by atoms with Crippen molar-refractivity contribution in [1.29, 1.82) is 0 Å². The van der Waals surface area contributed by atoms with E-state index in [1.165, 1.54) is 29.9 Å². The molecule has 17 heavy (non-hydrogen) atoms. The van der Waals surface area contributed by atoms with E-state index in [0.29, 0.717) is 5.92 Å². The third-order valence-corrected chi connectivity index (χ3v) is 3.45. The second kappa shape index (κ2) is 4.44. The van der Waals surface area contributed by atoms with Crippen molar-refractivity contribution in [2.45, 2.75) is 32.2 Å². The zero-order valence-electron chi connectivity index (χ0n) is 9.76. The average Bonchev–Trinajstić information content (AvgIpc) is 2.93. The molecule has 0 aromatic carbocycles. The summed E-state index contributed by atoms with van der Waals surface area (Å²) in [4.78, 5) is 4.48. The second-order valence-corrected chi connectivity index (χ2v) is 5.19. The SMILES string of the molecule is Cc1cnn(CCNc2nc(C3CC3)ns2)c1. The molecule has 0 atom stereocenters. The van der Waals surface area contributed by atoms with Crippen LogP contribution in [0.2, 0.25) is 0 Å². The van der Waals surface area contributed by atoms with E-state index in [1.54, 1.807) is 0 Å². The van der Waals surface area contributed by atoms with E-state index in [-0.39, 0.29) is 0 Å². The van der Waals surface area contributed by atoms with Crippen LogP contribution in [-0.2, 0) is 6.54 Å². The van der Waals surface area contributed by atoms with Crippen LogP contribution in [0.1, 0.15) is 30.1 Å². The molecule has 6 heteroatoms. The van der Waals surface area contributed by atoms with Gasteiger partial charge in [-0.05, 0) is 25.3 Å². The quantitative estimate of drug-likeness (QED) is 0.881. The minimum absolute atomic E-state index is 0.635. The fourth-order valence-electron chi connectivity index (χ4n) is 1.68. The molecule has 0 amide bonds. The van der Waals surface area contributed by atoms with Crippen molar-refractivity contribution in [3.63, 3.8) is 0 Å². The molecule has 1 aliphatic rings. The van der Waals surface area contributed by atoms with Crippen molar-refractivity contribution in [2.24, 2.45) is 0 Å². The normalized spacial score (nSPS) is 15.1. The summed E-state index contributed by atoms with van der Waals surface area (Å²) in [6.07, 6.45) is 6.42. The highest BCUT2D eigenvalue weighted by atomic mass is 32.1. The Balaban J connectivity index is 1.49. The summed E-state index contributed by atoms with van der Waals surface area (Å²) in [5.74, 6) is 1.66. The lowest BCUT2D eigenvalue weighted by molar-refractivity contribution is 0.637. The minimum Gasteiger partial charge on any atom is -0.358 e. The lowest BCUT2D eigenvalue weighted by atomic mass is 10.4. The van der Waals surface area contributed by atoms with Crippen LogP contribution in [0.3, 0.4) is 0 Å². The zero-order valence-corrected chi connectivity index (χ0v) is 10.6. The van der Waals surface area contributed by atoms with E-state index in [0.717, 1.165) is 24.0 Å². The molecule has 2 heterocycles. The van der Waals surface area contributed by atoms with Gasteiger partial charge in [0.1, 0.15) is 5.82 Å². The van der Waals surface area contributed by atoms with Gasteiger partial charge in [-0.15, -0.1) is 0 Å². The first-order valence-electron chi connectivity index (χ1n) is 5.88. The Hall–Kier alpha value is -1.43. The highest BCUT2D eigenvalue weighted by Crippen LogP contribution is 2.39. The van der Waals surface area contributed by atoms with Gasteiger partial charge in [0.25, 0.3) is 0 Å². The molecular formula is C11H15N5S. The van der Waals surface area contributed by atoms with Gasteiger partial charge in [0.2, 0.25) is 5.13 Å². The van der Waals surface area contributed by atoms with E-state index < -0.39 is 0 Å². The minimum atomic E-state index is 0.635. The van der Waals surface area contributed by atoms with Gasteiger partial charge in [-0.25, -0.2) is 4.98 Å². The molecule has 0 spiro atoms. The monoisotopic (exact) mass is 249 g/mol. The molecule has 1 N–H and O–H groups in total. The van der Waals surface area contributed by atoms with Crippen LogP contribution in [0.5, 0.6) is 0 Å². The third-order valence-electron chi connectivity index (χ3n) is 2.76. The van der Waals surface area contributed by atoms with Crippen LogP contribution in [0.4, 0.5) is 5.13 Å². The molecular weight excluding hydrogens is 234 g/mol. The molecule has 1 fully saturated rings. The topological polar surface area (TPSA) is 55.6 Å². The summed E-state index contributed by atoms with van der Waals surface area (Å²) < 4.78 is 6.29. The van der Waals surface area contributed by atoms with Crippen LogP contribution in [0.15, 0.2) is 12.4 Å². The molecule has 0 radical (unpaired) electrons. The first kappa shape index (κ1) is 10.7. The highest BCUT2D eigenvalue weighted by molar-refractivity contribution is 7.09. The molecule has 2 aromatic heterocycles. The molecule has 0 aliphatic heterocycles. The van der Waals surface area contributed by atoms with Crippen molar-refractivity contribution in [3.05, 3.63) is 23.8 Å². The summed E-state index contributed by atoms with van der Waals surface area (Å²) >= 11 is 1.46. The summed E-state index contributed by atoms with van der Waals surface area (Å²) in [6.45, 7) is 3.73. The summed E-state index contributed by atoms with van der Waals surface area (Å²) in [7, 11) is 0. The summed E-state index contributed by atoms with van der Waals surface area (Å²) in [5, 5.41) is 8.45. The molecule has 1 saturated carbocycles. The maximum absolute atomic E-state index is 4.48. The Kier molecular flexibility index (Phi) is 2.80. The largest absolute Gasteiger partial charge is 0.358 e. The van der Waals surface area contributed by atoms with Crippen LogP contribution in [0.25, 0.3) is 0 Å². The summed E-state index contributed by atoms with van der Waals surface area (Å²) in [5.41, 5.74) is 1.19. The van der Waals surface area contributed by atoms with Gasteiger partial charge in [-0.3, -0.25) is 4.68 Å². The third kappa shape index (κ3) is 2.63. The molecule has 0 unspecified atom stereocenters. The number of hydrogen-bond donors (Lipinski definition) is 1. The van der Waals surface area contributed by atoms with Crippen molar-refractivity contribution >= 4 is 16.7 Å². The highest BCUT2D eigenvalue weighted by Gasteiger charge is 2.27. The fourth-order valence-corrected chi connectivity index (χ4v) is 2.35. The number of nitrogens with zero attached hydrogens (tertiary/aromatic N) is 4.